The Labute approximate surface area is 122 Å². The summed E-state index contributed by atoms with van der Waals surface area (Å²) in [6.45, 7) is 5.63. The number of carbonyl (C=O) groups is 1. The lowest BCUT2D eigenvalue weighted by Gasteiger charge is -2.21. The summed E-state index contributed by atoms with van der Waals surface area (Å²) in [7, 11) is 1.85. The molecule has 0 fully saturated rings. The van der Waals surface area contributed by atoms with Crippen LogP contribution in [-0.2, 0) is 11.8 Å². The van der Waals surface area contributed by atoms with Crippen LogP contribution in [0.2, 0.25) is 0 Å². The van der Waals surface area contributed by atoms with Gasteiger partial charge in [0, 0.05) is 31.2 Å². The van der Waals surface area contributed by atoms with Crippen molar-refractivity contribution in [3.8, 4) is 0 Å². The molecule has 1 atom stereocenters. The Balaban J connectivity index is 2.27. The Kier molecular flexibility index (Phi) is 4.26. The molecular formula is C15H19N3O3. The first-order chi connectivity index (χ1) is 9.88. The molecule has 112 valence electrons. The predicted molar refractivity (Wildman–Crippen MR) is 78.0 cm³/mol. The van der Waals surface area contributed by atoms with Crippen LogP contribution in [-0.4, -0.2) is 20.5 Å². The Morgan fingerprint density at radius 2 is 2.10 bits per heavy atom. The molecular weight excluding hydrogens is 270 g/mol. The van der Waals surface area contributed by atoms with Gasteiger partial charge in [-0.3, -0.25) is 4.79 Å². The van der Waals surface area contributed by atoms with E-state index in [4.69, 9.17) is 4.74 Å². The van der Waals surface area contributed by atoms with Gasteiger partial charge in [0.15, 0.2) is 6.10 Å². The number of hydrogen-bond acceptors (Lipinski definition) is 4. The van der Waals surface area contributed by atoms with E-state index in [1.54, 1.807) is 25.4 Å². The lowest BCUT2D eigenvalue weighted by molar-refractivity contribution is 0.0141. The molecule has 6 nitrogen and oxygen atoms in total. The zero-order chi connectivity index (χ0) is 15.6. The van der Waals surface area contributed by atoms with Crippen molar-refractivity contribution in [1.29, 1.82) is 0 Å². The third kappa shape index (κ3) is 3.39. The minimum atomic E-state index is -0.522. The molecule has 0 aliphatic rings. The third-order valence-corrected chi connectivity index (χ3v) is 3.17. The standard InChI is InChI=1S/C15H19N3O3/c1-9(2)13(14-16-5-6-18(14)4)21-15(20)11-7-10(3)17-12(19)8-11/h5-9,13H,1-4H3,(H,17,19)/t13-/m0/s1. The van der Waals surface area contributed by atoms with Gasteiger partial charge in [-0.15, -0.1) is 0 Å². The SMILES string of the molecule is Cc1cc(C(=O)O[C@H](c2nccn2C)C(C)C)cc(=O)[nH]1. The van der Waals surface area contributed by atoms with Crippen LogP contribution in [0.4, 0.5) is 0 Å². The Morgan fingerprint density at radius 1 is 1.38 bits per heavy atom. The average molecular weight is 289 g/mol. The highest BCUT2D eigenvalue weighted by Gasteiger charge is 2.25. The second kappa shape index (κ2) is 5.95. The van der Waals surface area contributed by atoms with Crippen LogP contribution in [0.5, 0.6) is 0 Å². The maximum absolute atomic E-state index is 12.3. The number of rotatable bonds is 4. The van der Waals surface area contributed by atoms with E-state index >= 15 is 0 Å². The maximum atomic E-state index is 12.3. The minimum absolute atomic E-state index is 0.0677. The first kappa shape index (κ1) is 15.0. The smallest absolute Gasteiger partial charge is 0.339 e. The molecule has 0 saturated heterocycles. The van der Waals surface area contributed by atoms with Crippen LogP contribution in [0.25, 0.3) is 0 Å². The van der Waals surface area contributed by atoms with Crippen molar-refractivity contribution in [3.63, 3.8) is 0 Å². The monoisotopic (exact) mass is 289 g/mol. The fraction of sp³-hybridized carbons (Fsp3) is 0.400. The van der Waals surface area contributed by atoms with Gasteiger partial charge in [-0.25, -0.2) is 9.78 Å². The lowest BCUT2D eigenvalue weighted by Crippen LogP contribution is -2.21. The van der Waals surface area contributed by atoms with E-state index in [0.29, 0.717) is 11.5 Å². The summed E-state index contributed by atoms with van der Waals surface area (Å²) in [5, 5.41) is 0. The van der Waals surface area contributed by atoms with E-state index in [1.165, 1.54) is 6.07 Å². The summed E-state index contributed by atoms with van der Waals surface area (Å²) in [5.74, 6) is 0.226. The van der Waals surface area contributed by atoms with Crippen molar-refractivity contribution in [2.75, 3.05) is 0 Å². The maximum Gasteiger partial charge on any atom is 0.339 e. The van der Waals surface area contributed by atoms with Gasteiger partial charge in [0.1, 0.15) is 5.82 Å². The van der Waals surface area contributed by atoms with Crippen LogP contribution in [0.3, 0.4) is 0 Å². The van der Waals surface area contributed by atoms with E-state index < -0.39 is 12.1 Å². The van der Waals surface area contributed by atoms with Crippen LogP contribution in [0, 0.1) is 12.8 Å². The number of pyridine rings is 1. The van der Waals surface area contributed by atoms with Gasteiger partial charge in [-0.1, -0.05) is 13.8 Å². The van der Waals surface area contributed by atoms with Crippen LogP contribution < -0.4 is 5.56 Å². The largest absolute Gasteiger partial charge is 0.450 e. The Morgan fingerprint density at radius 3 is 2.62 bits per heavy atom. The molecule has 2 heterocycles. The quantitative estimate of drug-likeness (QED) is 0.873. The van der Waals surface area contributed by atoms with Crippen molar-refractivity contribution in [2.45, 2.75) is 26.9 Å². The summed E-state index contributed by atoms with van der Waals surface area (Å²) in [4.78, 5) is 30.5. The first-order valence-electron chi connectivity index (χ1n) is 6.77. The molecule has 21 heavy (non-hydrogen) atoms. The summed E-state index contributed by atoms with van der Waals surface area (Å²) in [6, 6.07) is 2.84. The van der Waals surface area contributed by atoms with Crippen LogP contribution in [0.15, 0.2) is 29.3 Å². The van der Waals surface area contributed by atoms with Crippen molar-refractivity contribution >= 4 is 5.97 Å². The summed E-state index contributed by atoms with van der Waals surface area (Å²) in [5.41, 5.74) is 0.545. The molecule has 0 saturated carbocycles. The Hall–Kier alpha value is -2.37. The minimum Gasteiger partial charge on any atom is -0.450 e. The zero-order valence-electron chi connectivity index (χ0n) is 12.6. The molecule has 0 bridgehead atoms. The molecule has 2 aromatic heterocycles. The molecule has 6 heteroatoms. The molecule has 0 aromatic carbocycles. The zero-order valence-corrected chi connectivity index (χ0v) is 12.6. The summed E-state index contributed by atoms with van der Waals surface area (Å²) in [6.07, 6.45) is 3.00. The number of aromatic nitrogens is 3. The van der Waals surface area contributed by atoms with Gasteiger partial charge < -0.3 is 14.3 Å². The molecule has 0 unspecified atom stereocenters. The molecule has 0 amide bonds. The van der Waals surface area contributed by atoms with Crippen LogP contribution in [0.1, 0.15) is 41.8 Å². The lowest BCUT2D eigenvalue weighted by atomic mass is 10.1. The van der Waals surface area contributed by atoms with Gasteiger partial charge in [0.05, 0.1) is 5.56 Å². The summed E-state index contributed by atoms with van der Waals surface area (Å²) >= 11 is 0. The highest BCUT2D eigenvalue weighted by atomic mass is 16.5. The number of ether oxygens (including phenoxy) is 1. The van der Waals surface area contributed by atoms with Gasteiger partial charge in [0.2, 0.25) is 5.56 Å². The van der Waals surface area contributed by atoms with E-state index in [0.717, 1.165) is 0 Å². The fourth-order valence-corrected chi connectivity index (χ4v) is 2.12. The second-order valence-electron chi connectivity index (χ2n) is 5.38. The summed E-state index contributed by atoms with van der Waals surface area (Å²) < 4.78 is 7.38. The number of nitrogens with one attached hydrogen (secondary N) is 1. The van der Waals surface area contributed by atoms with E-state index in [1.807, 2.05) is 25.5 Å². The number of carbonyl (C=O) groups excluding carboxylic acids is 1. The fourth-order valence-electron chi connectivity index (χ4n) is 2.12. The topological polar surface area (TPSA) is 77.0 Å². The van der Waals surface area contributed by atoms with E-state index in [2.05, 4.69) is 9.97 Å². The highest BCUT2D eigenvalue weighted by Crippen LogP contribution is 2.25. The van der Waals surface area contributed by atoms with Crippen LogP contribution >= 0.6 is 0 Å². The molecule has 0 radical (unpaired) electrons. The number of hydrogen-bond donors (Lipinski definition) is 1. The van der Waals surface area contributed by atoms with Crippen molar-refractivity contribution in [2.24, 2.45) is 13.0 Å². The van der Waals surface area contributed by atoms with E-state index in [-0.39, 0.29) is 17.0 Å². The molecule has 1 N–H and O–H groups in total. The van der Waals surface area contributed by atoms with Gasteiger partial charge in [0.25, 0.3) is 0 Å². The Bertz CT molecular complexity index is 700. The molecule has 0 spiro atoms. The molecule has 0 aliphatic heterocycles. The van der Waals surface area contributed by atoms with Crippen molar-refractivity contribution < 1.29 is 9.53 Å². The molecule has 0 aliphatic carbocycles. The number of aryl methyl sites for hydroxylation is 2. The predicted octanol–water partition coefficient (Wildman–Crippen LogP) is 1.97. The third-order valence-electron chi connectivity index (χ3n) is 3.17. The van der Waals surface area contributed by atoms with Gasteiger partial charge in [-0.2, -0.15) is 0 Å². The number of nitrogens with zero attached hydrogens (tertiary/aromatic N) is 2. The van der Waals surface area contributed by atoms with Gasteiger partial charge >= 0.3 is 5.97 Å². The number of esters is 1. The number of aromatic amines is 1. The second-order valence-corrected chi connectivity index (χ2v) is 5.38. The highest BCUT2D eigenvalue weighted by molar-refractivity contribution is 5.89. The average Bonchev–Trinajstić information content (AvgIpc) is 2.80. The normalized spacial score (nSPS) is 12.4. The number of imidazole rings is 1. The van der Waals surface area contributed by atoms with Crippen molar-refractivity contribution in [1.82, 2.24) is 14.5 Å². The molecule has 2 rings (SSSR count). The van der Waals surface area contributed by atoms with Crippen molar-refractivity contribution in [3.05, 3.63) is 52.0 Å². The molecule has 2 aromatic rings. The van der Waals surface area contributed by atoms with E-state index in [9.17, 15) is 9.59 Å². The number of H-pyrrole nitrogens is 1. The van der Waals surface area contributed by atoms with Gasteiger partial charge in [-0.05, 0) is 18.9 Å². The first-order valence-corrected chi connectivity index (χ1v) is 6.77.